The number of aldehydes is 1. The van der Waals surface area contributed by atoms with Crippen molar-refractivity contribution in [3.8, 4) is 22.5 Å². The van der Waals surface area contributed by atoms with Gasteiger partial charge < -0.3 is 9.30 Å². The minimum Gasteiger partial charge on any atom is -0.355 e. The molecular formula is C26H29ClN6O2. The summed E-state index contributed by atoms with van der Waals surface area (Å²) in [5, 5.41) is 13.2. The van der Waals surface area contributed by atoms with Gasteiger partial charge in [0.25, 0.3) is 0 Å². The smallest absolute Gasteiger partial charge is 0.205 e. The van der Waals surface area contributed by atoms with Gasteiger partial charge in [0.2, 0.25) is 5.82 Å². The number of ether oxygens (including phenoxy) is 1. The van der Waals surface area contributed by atoms with Crippen molar-refractivity contribution in [2.24, 2.45) is 0 Å². The third-order valence-corrected chi connectivity index (χ3v) is 6.12. The van der Waals surface area contributed by atoms with Crippen molar-refractivity contribution in [2.45, 2.75) is 52.8 Å². The van der Waals surface area contributed by atoms with Gasteiger partial charge in [0.05, 0.1) is 0 Å². The molecule has 0 aliphatic heterocycles. The average Bonchev–Trinajstić information content (AvgIpc) is 3.48. The first-order valence-electron chi connectivity index (χ1n) is 11.9. The average molecular weight is 493 g/mol. The van der Waals surface area contributed by atoms with Crippen LogP contribution in [-0.4, -0.2) is 42.7 Å². The van der Waals surface area contributed by atoms with Crippen molar-refractivity contribution in [2.75, 3.05) is 6.61 Å². The Balaban J connectivity index is 1.60. The van der Waals surface area contributed by atoms with Crippen LogP contribution in [0.1, 0.15) is 61.7 Å². The summed E-state index contributed by atoms with van der Waals surface area (Å²) in [6, 6.07) is 16.2. The molecule has 0 aliphatic carbocycles. The van der Waals surface area contributed by atoms with E-state index in [1.54, 1.807) is 0 Å². The fourth-order valence-electron chi connectivity index (χ4n) is 3.99. The van der Waals surface area contributed by atoms with Crippen LogP contribution in [0.3, 0.4) is 0 Å². The van der Waals surface area contributed by atoms with E-state index in [1.807, 2.05) is 42.7 Å². The number of halogens is 1. The summed E-state index contributed by atoms with van der Waals surface area (Å²) >= 11 is 6.23. The standard InChI is InChI=1S/C26H29ClN6O2/c1-4-6-11-24-28-25(27)23(17-34)32(24)16-19-12-14-20(15-13-19)21-9-7-8-10-22(21)26-29-31-33(30-26)18(3)35-5-2/h7-10,12-15,17-18H,4-6,11,16H2,1-3H3. The van der Waals surface area contributed by atoms with E-state index in [0.717, 1.165) is 53.6 Å². The van der Waals surface area contributed by atoms with Crippen LogP contribution in [0.5, 0.6) is 0 Å². The molecule has 2 aromatic heterocycles. The number of benzene rings is 2. The number of aryl methyl sites for hydroxylation is 1. The minimum atomic E-state index is -0.289. The van der Waals surface area contributed by atoms with Crippen molar-refractivity contribution < 1.29 is 9.53 Å². The lowest BCUT2D eigenvalue weighted by atomic mass is 9.98. The molecule has 9 heteroatoms. The van der Waals surface area contributed by atoms with Crippen LogP contribution in [0.2, 0.25) is 5.15 Å². The van der Waals surface area contributed by atoms with Crippen LogP contribution >= 0.6 is 11.6 Å². The summed E-state index contributed by atoms with van der Waals surface area (Å²) in [6.45, 7) is 7.04. The van der Waals surface area contributed by atoms with Gasteiger partial charge in [0.1, 0.15) is 11.5 Å². The zero-order valence-corrected chi connectivity index (χ0v) is 20.9. The molecule has 0 bridgehead atoms. The lowest BCUT2D eigenvalue weighted by Crippen LogP contribution is -2.12. The zero-order chi connectivity index (χ0) is 24.8. The van der Waals surface area contributed by atoms with Crippen molar-refractivity contribution in [1.29, 1.82) is 0 Å². The molecule has 0 fully saturated rings. The molecule has 0 amide bonds. The Morgan fingerprint density at radius 1 is 1.09 bits per heavy atom. The summed E-state index contributed by atoms with van der Waals surface area (Å²) in [7, 11) is 0. The summed E-state index contributed by atoms with van der Waals surface area (Å²) in [6.07, 6.45) is 3.31. The van der Waals surface area contributed by atoms with E-state index in [0.29, 0.717) is 24.7 Å². The van der Waals surface area contributed by atoms with E-state index in [2.05, 4.69) is 51.6 Å². The molecule has 4 aromatic rings. The van der Waals surface area contributed by atoms with Gasteiger partial charge in [0.15, 0.2) is 17.7 Å². The number of nitrogens with zero attached hydrogens (tertiary/aromatic N) is 6. The molecule has 0 spiro atoms. The van der Waals surface area contributed by atoms with Crippen LogP contribution in [0.15, 0.2) is 48.5 Å². The maximum absolute atomic E-state index is 11.6. The van der Waals surface area contributed by atoms with Crippen LogP contribution in [0.25, 0.3) is 22.5 Å². The predicted octanol–water partition coefficient (Wildman–Crippen LogP) is 5.62. The molecular weight excluding hydrogens is 464 g/mol. The highest BCUT2D eigenvalue weighted by atomic mass is 35.5. The highest BCUT2D eigenvalue weighted by Gasteiger charge is 2.17. The number of aromatic nitrogens is 6. The lowest BCUT2D eigenvalue weighted by molar-refractivity contribution is 0.00479. The highest BCUT2D eigenvalue weighted by molar-refractivity contribution is 6.31. The van der Waals surface area contributed by atoms with Gasteiger partial charge in [0, 0.05) is 25.1 Å². The quantitative estimate of drug-likeness (QED) is 0.253. The second kappa shape index (κ2) is 11.4. The van der Waals surface area contributed by atoms with Crippen LogP contribution < -0.4 is 0 Å². The largest absolute Gasteiger partial charge is 0.355 e. The first-order chi connectivity index (χ1) is 17.0. The molecule has 0 saturated heterocycles. The number of imidazole rings is 1. The topological polar surface area (TPSA) is 87.7 Å². The Bertz CT molecular complexity index is 1280. The molecule has 0 N–H and O–H groups in total. The maximum atomic E-state index is 11.6. The molecule has 2 aromatic carbocycles. The molecule has 0 saturated carbocycles. The van der Waals surface area contributed by atoms with E-state index in [1.165, 1.54) is 4.80 Å². The Labute approximate surface area is 209 Å². The monoisotopic (exact) mass is 492 g/mol. The summed E-state index contributed by atoms with van der Waals surface area (Å²) in [5.74, 6) is 1.38. The summed E-state index contributed by atoms with van der Waals surface area (Å²) in [5.41, 5.74) is 4.40. The Morgan fingerprint density at radius 3 is 2.51 bits per heavy atom. The number of rotatable bonds is 11. The van der Waals surface area contributed by atoms with E-state index in [9.17, 15) is 4.79 Å². The lowest BCUT2D eigenvalue weighted by Gasteiger charge is -2.11. The third kappa shape index (κ3) is 5.49. The van der Waals surface area contributed by atoms with Gasteiger partial charge in [-0.1, -0.05) is 73.5 Å². The van der Waals surface area contributed by atoms with Crippen LogP contribution in [-0.2, 0) is 17.7 Å². The number of carbonyl (C=O) groups excluding carboxylic acids is 1. The normalized spacial score (nSPS) is 12.1. The summed E-state index contributed by atoms with van der Waals surface area (Å²) in [4.78, 5) is 17.5. The number of hydrogen-bond donors (Lipinski definition) is 0. The fourth-order valence-corrected chi connectivity index (χ4v) is 4.24. The molecule has 4 rings (SSSR count). The van der Waals surface area contributed by atoms with Crippen LogP contribution in [0.4, 0.5) is 0 Å². The molecule has 0 aliphatic rings. The molecule has 8 nitrogen and oxygen atoms in total. The second-order valence-electron chi connectivity index (χ2n) is 8.24. The molecule has 35 heavy (non-hydrogen) atoms. The third-order valence-electron chi connectivity index (χ3n) is 5.84. The molecule has 0 radical (unpaired) electrons. The van der Waals surface area contributed by atoms with Gasteiger partial charge in [-0.3, -0.25) is 4.79 Å². The van der Waals surface area contributed by atoms with Crippen molar-refractivity contribution in [3.63, 3.8) is 0 Å². The predicted molar refractivity (Wildman–Crippen MR) is 135 cm³/mol. The first-order valence-corrected chi connectivity index (χ1v) is 12.2. The second-order valence-corrected chi connectivity index (χ2v) is 8.60. The van der Waals surface area contributed by atoms with Gasteiger partial charge >= 0.3 is 0 Å². The number of unbranched alkanes of at least 4 members (excludes halogenated alkanes) is 1. The van der Waals surface area contributed by atoms with Crippen molar-refractivity contribution >= 4 is 17.9 Å². The van der Waals surface area contributed by atoms with Crippen molar-refractivity contribution in [1.82, 2.24) is 29.8 Å². The van der Waals surface area contributed by atoms with Gasteiger partial charge in [-0.2, -0.15) is 0 Å². The highest BCUT2D eigenvalue weighted by Crippen LogP contribution is 2.30. The SMILES string of the molecule is CCCCc1nc(Cl)c(C=O)n1Cc1ccc(-c2ccccc2-c2nnn(C(C)OCC)n2)cc1. The fraction of sp³-hybridized carbons (Fsp3) is 0.346. The molecule has 2 heterocycles. The van der Waals surface area contributed by atoms with Gasteiger partial charge in [-0.25, -0.2) is 4.98 Å². The number of hydrogen-bond acceptors (Lipinski definition) is 6. The molecule has 1 atom stereocenters. The molecule has 1 unspecified atom stereocenters. The maximum Gasteiger partial charge on any atom is 0.205 e. The van der Waals surface area contributed by atoms with Crippen molar-refractivity contribution in [3.05, 3.63) is 70.8 Å². The van der Waals surface area contributed by atoms with Gasteiger partial charge in [-0.05, 0) is 42.2 Å². The Morgan fingerprint density at radius 2 is 1.83 bits per heavy atom. The Hall–Kier alpha value is -3.36. The van der Waals surface area contributed by atoms with E-state index < -0.39 is 0 Å². The van der Waals surface area contributed by atoms with Gasteiger partial charge in [-0.15, -0.1) is 15.0 Å². The van der Waals surface area contributed by atoms with E-state index in [4.69, 9.17) is 16.3 Å². The van der Waals surface area contributed by atoms with Crippen LogP contribution in [0, 0.1) is 0 Å². The Kier molecular flexibility index (Phi) is 8.05. The zero-order valence-electron chi connectivity index (χ0n) is 20.2. The number of tetrazole rings is 1. The number of carbonyl (C=O) groups is 1. The minimum absolute atomic E-state index is 0.260. The first kappa shape index (κ1) is 24.8. The van der Waals surface area contributed by atoms with E-state index >= 15 is 0 Å². The molecule has 182 valence electrons. The van der Waals surface area contributed by atoms with E-state index in [-0.39, 0.29) is 11.4 Å². The summed E-state index contributed by atoms with van der Waals surface area (Å²) < 4.78 is 7.48.